The van der Waals surface area contributed by atoms with Crippen LogP contribution in [0.1, 0.15) is 19.8 Å². The fraction of sp³-hybridized carbons (Fsp3) is 0.556. The van der Waals surface area contributed by atoms with Gasteiger partial charge in [-0.1, -0.05) is 6.07 Å². The number of carbonyl (C=O) groups excluding carboxylic acids is 2. The summed E-state index contributed by atoms with van der Waals surface area (Å²) >= 11 is 0. The first-order valence-corrected chi connectivity index (χ1v) is 8.83. The molecule has 2 amide bonds. The van der Waals surface area contributed by atoms with Gasteiger partial charge in [0, 0.05) is 37.9 Å². The highest BCUT2D eigenvalue weighted by molar-refractivity contribution is 5.92. The molecule has 2 aliphatic rings. The van der Waals surface area contributed by atoms with E-state index in [0.29, 0.717) is 11.7 Å². The zero-order valence-corrected chi connectivity index (χ0v) is 14.5. The van der Waals surface area contributed by atoms with Gasteiger partial charge in [0.1, 0.15) is 5.82 Å². The molecule has 1 aromatic carbocycles. The van der Waals surface area contributed by atoms with Crippen LogP contribution in [0, 0.1) is 5.82 Å². The van der Waals surface area contributed by atoms with Crippen LogP contribution < -0.4 is 10.6 Å². The lowest BCUT2D eigenvalue weighted by Gasteiger charge is -2.37. The second-order valence-corrected chi connectivity index (χ2v) is 6.83. The second-order valence-electron chi connectivity index (χ2n) is 6.83. The van der Waals surface area contributed by atoms with Crippen molar-refractivity contribution in [2.45, 2.75) is 31.8 Å². The minimum atomic E-state index is -0.370. The third kappa shape index (κ3) is 5.24. The number of hydrogen-bond acceptors (Lipinski definition) is 4. The number of hydrogen-bond donors (Lipinski definition) is 2. The van der Waals surface area contributed by atoms with E-state index in [1.807, 2.05) is 6.92 Å². The average Bonchev–Trinajstić information content (AvgIpc) is 3.38. The molecule has 0 unspecified atom stereocenters. The third-order valence-corrected chi connectivity index (χ3v) is 4.73. The van der Waals surface area contributed by atoms with Crippen LogP contribution in [0.25, 0.3) is 0 Å². The molecule has 25 heavy (non-hydrogen) atoms. The SMILES string of the molecule is C[C@@H](C(=O)NC1CC1)N1CCN(CC(=O)Nc2cccc(F)c2)CC1. The Bertz CT molecular complexity index is 627. The lowest BCUT2D eigenvalue weighted by atomic mass is 10.2. The van der Waals surface area contributed by atoms with Gasteiger partial charge < -0.3 is 10.6 Å². The van der Waals surface area contributed by atoms with Gasteiger partial charge in [0.2, 0.25) is 11.8 Å². The van der Waals surface area contributed by atoms with Crippen molar-refractivity contribution in [2.24, 2.45) is 0 Å². The van der Waals surface area contributed by atoms with Gasteiger partial charge in [-0.2, -0.15) is 0 Å². The van der Waals surface area contributed by atoms with Crippen molar-refractivity contribution < 1.29 is 14.0 Å². The van der Waals surface area contributed by atoms with Crippen molar-refractivity contribution in [1.82, 2.24) is 15.1 Å². The first kappa shape index (κ1) is 17.8. The summed E-state index contributed by atoms with van der Waals surface area (Å²) in [6, 6.07) is 6.12. The molecule has 136 valence electrons. The van der Waals surface area contributed by atoms with Gasteiger partial charge >= 0.3 is 0 Å². The maximum Gasteiger partial charge on any atom is 0.238 e. The van der Waals surface area contributed by atoms with E-state index in [0.717, 1.165) is 39.0 Å². The van der Waals surface area contributed by atoms with E-state index in [4.69, 9.17) is 0 Å². The number of rotatable bonds is 6. The lowest BCUT2D eigenvalue weighted by Crippen LogP contribution is -2.55. The summed E-state index contributed by atoms with van der Waals surface area (Å²) in [4.78, 5) is 28.4. The van der Waals surface area contributed by atoms with E-state index in [-0.39, 0.29) is 30.2 Å². The number of nitrogens with one attached hydrogen (secondary N) is 2. The first-order chi connectivity index (χ1) is 12.0. The highest BCUT2D eigenvalue weighted by atomic mass is 19.1. The van der Waals surface area contributed by atoms with Crippen molar-refractivity contribution in [3.8, 4) is 0 Å². The Morgan fingerprint density at radius 3 is 2.60 bits per heavy atom. The number of benzene rings is 1. The minimum Gasteiger partial charge on any atom is -0.352 e. The van der Waals surface area contributed by atoms with E-state index in [1.165, 1.54) is 12.1 Å². The van der Waals surface area contributed by atoms with Crippen LogP contribution in [-0.4, -0.2) is 66.4 Å². The van der Waals surface area contributed by atoms with Crippen LogP contribution >= 0.6 is 0 Å². The van der Waals surface area contributed by atoms with Gasteiger partial charge in [-0.05, 0) is 38.0 Å². The van der Waals surface area contributed by atoms with E-state index in [2.05, 4.69) is 20.4 Å². The lowest BCUT2D eigenvalue weighted by molar-refractivity contribution is -0.127. The molecular formula is C18H25FN4O2. The summed E-state index contributed by atoms with van der Waals surface area (Å²) in [5, 5.41) is 5.75. The Morgan fingerprint density at radius 2 is 1.96 bits per heavy atom. The Labute approximate surface area is 147 Å². The number of amides is 2. The molecule has 1 atom stereocenters. The molecule has 7 heteroatoms. The predicted molar refractivity (Wildman–Crippen MR) is 93.7 cm³/mol. The van der Waals surface area contributed by atoms with Gasteiger partial charge in [0.15, 0.2) is 0 Å². The van der Waals surface area contributed by atoms with Gasteiger partial charge in [-0.15, -0.1) is 0 Å². The van der Waals surface area contributed by atoms with Crippen molar-refractivity contribution >= 4 is 17.5 Å². The third-order valence-electron chi connectivity index (χ3n) is 4.73. The molecule has 0 bridgehead atoms. The molecule has 2 N–H and O–H groups in total. The largest absolute Gasteiger partial charge is 0.352 e. The number of carbonyl (C=O) groups is 2. The molecule has 3 rings (SSSR count). The van der Waals surface area contributed by atoms with Gasteiger partial charge in [-0.3, -0.25) is 19.4 Å². The second kappa shape index (κ2) is 7.93. The van der Waals surface area contributed by atoms with Gasteiger partial charge in [0.05, 0.1) is 12.6 Å². The monoisotopic (exact) mass is 348 g/mol. The summed E-state index contributed by atoms with van der Waals surface area (Å²) in [5.74, 6) is -0.428. The van der Waals surface area contributed by atoms with E-state index in [9.17, 15) is 14.0 Å². The Kier molecular flexibility index (Phi) is 5.65. The minimum absolute atomic E-state index is 0.0970. The molecule has 1 heterocycles. The highest BCUT2D eigenvalue weighted by Gasteiger charge is 2.30. The molecule has 2 fully saturated rings. The van der Waals surface area contributed by atoms with Crippen molar-refractivity contribution in [3.05, 3.63) is 30.1 Å². The quantitative estimate of drug-likeness (QED) is 0.807. The van der Waals surface area contributed by atoms with Crippen LogP contribution in [0.5, 0.6) is 0 Å². The normalized spacial score (nSPS) is 20.1. The molecular weight excluding hydrogens is 323 g/mol. The summed E-state index contributed by atoms with van der Waals surface area (Å²) in [6.07, 6.45) is 2.18. The van der Waals surface area contributed by atoms with Crippen LogP contribution in [0.3, 0.4) is 0 Å². The maximum atomic E-state index is 13.1. The molecule has 1 aromatic rings. The van der Waals surface area contributed by atoms with Crippen LogP contribution in [-0.2, 0) is 9.59 Å². The summed E-state index contributed by atoms with van der Waals surface area (Å²) in [7, 11) is 0. The van der Waals surface area contributed by atoms with Crippen molar-refractivity contribution in [3.63, 3.8) is 0 Å². The molecule has 1 aliphatic heterocycles. The molecule has 0 radical (unpaired) electrons. The highest BCUT2D eigenvalue weighted by Crippen LogP contribution is 2.19. The fourth-order valence-electron chi connectivity index (χ4n) is 2.99. The number of halogens is 1. The van der Waals surface area contributed by atoms with Crippen molar-refractivity contribution in [2.75, 3.05) is 38.0 Å². The molecule has 6 nitrogen and oxygen atoms in total. The van der Waals surface area contributed by atoms with Crippen LogP contribution in [0.15, 0.2) is 24.3 Å². The van der Waals surface area contributed by atoms with Gasteiger partial charge in [-0.25, -0.2) is 4.39 Å². The average molecular weight is 348 g/mol. The molecule has 1 aliphatic carbocycles. The van der Waals surface area contributed by atoms with E-state index >= 15 is 0 Å². The van der Waals surface area contributed by atoms with Crippen molar-refractivity contribution in [1.29, 1.82) is 0 Å². The maximum absolute atomic E-state index is 13.1. The van der Waals surface area contributed by atoms with Crippen LogP contribution in [0.2, 0.25) is 0 Å². The Balaban J connectivity index is 1.41. The number of piperazine rings is 1. The smallest absolute Gasteiger partial charge is 0.238 e. The fourth-order valence-corrected chi connectivity index (χ4v) is 2.99. The van der Waals surface area contributed by atoms with Crippen LogP contribution in [0.4, 0.5) is 10.1 Å². The molecule has 0 aromatic heterocycles. The van der Waals surface area contributed by atoms with E-state index < -0.39 is 0 Å². The topological polar surface area (TPSA) is 64.7 Å². The summed E-state index contributed by atoms with van der Waals surface area (Å²) in [6.45, 7) is 5.19. The zero-order valence-electron chi connectivity index (χ0n) is 14.5. The Hall–Kier alpha value is -1.99. The molecule has 1 saturated heterocycles. The summed E-state index contributed by atoms with van der Waals surface area (Å²) in [5.41, 5.74) is 0.467. The first-order valence-electron chi connectivity index (χ1n) is 8.83. The Morgan fingerprint density at radius 1 is 1.24 bits per heavy atom. The molecule has 1 saturated carbocycles. The number of anilines is 1. The standard InChI is InChI=1S/C18H25FN4O2/c1-13(18(25)21-15-5-6-15)23-9-7-22(8-10-23)12-17(24)20-16-4-2-3-14(19)11-16/h2-4,11,13,15H,5-10,12H2,1H3,(H,20,24)(H,21,25)/t13-/m0/s1. The van der Waals surface area contributed by atoms with Gasteiger partial charge in [0.25, 0.3) is 0 Å². The zero-order chi connectivity index (χ0) is 17.8. The van der Waals surface area contributed by atoms with E-state index in [1.54, 1.807) is 12.1 Å². The summed E-state index contributed by atoms with van der Waals surface area (Å²) < 4.78 is 13.1. The predicted octanol–water partition coefficient (Wildman–Crippen LogP) is 1.05. The number of nitrogens with zero attached hydrogens (tertiary/aromatic N) is 2. The molecule has 0 spiro atoms.